The highest BCUT2D eigenvalue weighted by Gasteiger charge is 1.84. The Kier molecular flexibility index (Phi) is 6.93. The number of hydrogen-bond donors (Lipinski definition) is 1. The van der Waals surface area contributed by atoms with Crippen LogP contribution in [0.1, 0.15) is 32.1 Å². The molecule has 0 unspecified atom stereocenters. The van der Waals surface area contributed by atoms with Crippen LogP contribution in [0.25, 0.3) is 0 Å². The van der Waals surface area contributed by atoms with Crippen LogP contribution in [0, 0.1) is 6.92 Å². The second kappa shape index (κ2) is 6.96. The molecule has 0 bridgehead atoms. The molecule has 0 aromatic carbocycles. The van der Waals surface area contributed by atoms with E-state index in [1.807, 2.05) is 0 Å². The molecule has 8 heavy (non-hydrogen) atoms. The van der Waals surface area contributed by atoms with Gasteiger partial charge >= 0.3 is 0 Å². The number of aliphatic hydroxyl groups excluding tert-OH is 1. The van der Waals surface area contributed by atoms with Crippen molar-refractivity contribution in [3.8, 4) is 0 Å². The van der Waals surface area contributed by atoms with Gasteiger partial charge in [0.1, 0.15) is 0 Å². The summed E-state index contributed by atoms with van der Waals surface area (Å²) in [5.41, 5.74) is 0. The van der Waals surface area contributed by atoms with Crippen molar-refractivity contribution in [3.05, 3.63) is 6.92 Å². The minimum atomic E-state index is 0.344. The van der Waals surface area contributed by atoms with E-state index in [-0.39, 0.29) is 0 Å². The predicted molar refractivity (Wildman–Crippen MR) is 35.5 cm³/mol. The van der Waals surface area contributed by atoms with E-state index < -0.39 is 0 Å². The maximum absolute atomic E-state index is 8.35. The minimum Gasteiger partial charge on any atom is -0.396 e. The van der Waals surface area contributed by atoms with Crippen LogP contribution < -0.4 is 0 Å². The summed E-state index contributed by atoms with van der Waals surface area (Å²) in [6.45, 7) is 4.07. The molecule has 0 aromatic rings. The second-order valence-corrected chi connectivity index (χ2v) is 1.99. The SMILES string of the molecule is [CH2]CCCCCCO. The maximum atomic E-state index is 8.35. The molecule has 0 heterocycles. The van der Waals surface area contributed by atoms with Gasteiger partial charge in [0.25, 0.3) is 0 Å². The molecule has 0 aliphatic rings. The zero-order chi connectivity index (χ0) is 6.24. The Morgan fingerprint density at radius 1 is 1.00 bits per heavy atom. The summed E-state index contributed by atoms with van der Waals surface area (Å²) in [5.74, 6) is 0. The van der Waals surface area contributed by atoms with E-state index in [4.69, 9.17) is 5.11 Å². The Hall–Kier alpha value is -0.0400. The molecule has 0 saturated heterocycles. The van der Waals surface area contributed by atoms with E-state index in [9.17, 15) is 0 Å². The molecule has 1 radical (unpaired) electrons. The first-order valence-corrected chi connectivity index (χ1v) is 3.32. The van der Waals surface area contributed by atoms with Gasteiger partial charge in [0.15, 0.2) is 0 Å². The maximum Gasteiger partial charge on any atom is 0.0431 e. The molecular weight excluding hydrogens is 100 g/mol. The van der Waals surface area contributed by atoms with E-state index in [1.54, 1.807) is 0 Å². The molecule has 0 aromatic heterocycles. The van der Waals surface area contributed by atoms with E-state index in [0.717, 1.165) is 19.3 Å². The van der Waals surface area contributed by atoms with Gasteiger partial charge in [0.2, 0.25) is 0 Å². The van der Waals surface area contributed by atoms with Gasteiger partial charge in [-0.2, -0.15) is 0 Å². The number of unbranched alkanes of at least 4 members (excludes halogenated alkanes) is 4. The molecule has 0 atom stereocenters. The molecule has 0 fully saturated rings. The Morgan fingerprint density at radius 3 is 2.12 bits per heavy atom. The van der Waals surface area contributed by atoms with Crippen molar-refractivity contribution < 1.29 is 5.11 Å². The highest BCUT2D eigenvalue weighted by Crippen LogP contribution is 2.00. The molecular formula is C7H15O. The highest BCUT2D eigenvalue weighted by atomic mass is 16.2. The van der Waals surface area contributed by atoms with Gasteiger partial charge in [-0.05, 0) is 6.42 Å². The van der Waals surface area contributed by atoms with Crippen LogP contribution in [0.15, 0.2) is 0 Å². The smallest absolute Gasteiger partial charge is 0.0431 e. The molecule has 0 rings (SSSR count). The van der Waals surface area contributed by atoms with Gasteiger partial charge in [0, 0.05) is 6.61 Å². The monoisotopic (exact) mass is 115 g/mol. The number of rotatable bonds is 5. The molecule has 1 N–H and O–H groups in total. The largest absolute Gasteiger partial charge is 0.396 e. The van der Waals surface area contributed by atoms with Crippen molar-refractivity contribution in [2.75, 3.05) is 6.61 Å². The summed E-state index contributed by atoms with van der Waals surface area (Å²) in [6.07, 6.45) is 5.58. The fourth-order valence-electron chi connectivity index (χ4n) is 0.642. The summed E-state index contributed by atoms with van der Waals surface area (Å²) in [6, 6.07) is 0. The van der Waals surface area contributed by atoms with Crippen LogP contribution in [0.2, 0.25) is 0 Å². The van der Waals surface area contributed by atoms with Gasteiger partial charge in [-0.3, -0.25) is 0 Å². The quantitative estimate of drug-likeness (QED) is 0.541. The van der Waals surface area contributed by atoms with Crippen LogP contribution >= 0.6 is 0 Å². The molecule has 0 spiro atoms. The van der Waals surface area contributed by atoms with Crippen LogP contribution in [0.5, 0.6) is 0 Å². The second-order valence-electron chi connectivity index (χ2n) is 1.99. The first kappa shape index (κ1) is 7.96. The predicted octanol–water partition coefficient (Wildman–Crippen LogP) is 1.76. The summed E-state index contributed by atoms with van der Waals surface area (Å²) in [5, 5.41) is 8.35. The van der Waals surface area contributed by atoms with E-state index in [1.165, 1.54) is 12.8 Å². The standard InChI is InChI=1S/C7H15O/c1-2-3-4-5-6-7-8/h8H,1-7H2. The van der Waals surface area contributed by atoms with E-state index >= 15 is 0 Å². The molecule has 0 aliphatic carbocycles. The van der Waals surface area contributed by atoms with Crippen molar-refractivity contribution in [2.45, 2.75) is 32.1 Å². The summed E-state index contributed by atoms with van der Waals surface area (Å²) in [4.78, 5) is 0. The Bertz CT molecular complexity index is 29.4. The zero-order valence-corrected chi connectivity index (χ0v) is 5.40. The topological polar surface area (TPSA) is 20.2 Å². The summed E-state index contributed by atoms with van der Waals surface area (Å²) >= 11 is 0. The molecule has 0 amide bonds. The lowest BCUT2D eigenvalue weighted by molar-refractivity contribution is 0.282. The molecule has 49 valence electrons. The van der Waals surface area contributed by atoms with Crippen LogP contribution in [-0.2, 0) is 0 Å². The average Bonchev–Trinajstić information content (AvgIpc) is 1.81. The zero-order valence-electron chi connectivity index (χ0n) is 5.40. The third-order valence-corrected chi connectivity index (χ3v) is 1.16. The van der Waals surface area contributed by atoms with Gasteiger partial charge < -0.3 is 5.11 Å². The Morgan fingerprint density at radius 2 is 1.62 bits per heavy atom. The van der Waals surface area contributed by atoms with Gasteiger partial charge in [-0.25, -0.2) is 0 Å². The van der Waals surface area contributed by atoms with Crippen molar-refractivity contribution in [3.63, 3.8) is 0 Å². The minimum absolute atomic E-state index is 0.344. The average molecular weight is 115 g/mol. The van der Waals surface area contributed by atoms with Crippen LogP contribution in [0.4, 0.5) is 0 Å². The van der Waals surface area contributed by atoms with Crippen molar-refractivity contribution in [1.82, 2.24) is 0 Å². The van der Waals surface area contributed by atoms with Crippen molar-refractivity contribution >= 4 is 0 Å². The molecule has 1 nitrogen and oxygen atoms in total. The first-order valence-electron chi connectivity index (χ1n) is 3.32. The third-order valence-electron chi connectivity index (χ3n) is 1.16. The molecule has 0 saturated carbocycles. The van der Waals surface area contributed by atoms with E-state index in [0.29, 0.717) is 6.61 Å². The van der Waals surface area contributed by atoms with Gasteiger partial charge in [-0.15, -0.1) is 0 Å². The lowest BCUT2D eigenvalue weighted by Crippen LogP contribution is -1.81. The van der Waals surface area contributed by atoms with Gasteiger partial charge in [-0.1, -0.05) is 32.6 Å². The number of aliphatic hydroxyl groups is 1. The van der Waals surface area contributed by atoms with Crippen molar-refractivity contribution in [2.24, 2.45) is 0 Å². The molecule has 1 heteroatoms. The van der Waals surface area contributed by atoms with Gasteiger partial charge in [0.05, 0.1) is 0 Å². The van der Waals surface area contributed by atoms with Crippen molar-refractivity contribution in [1.29, 1.82) is 0 Å². The fourth-order valence-corrected chi connectivity index (χ4v) is 0.642. The molecule has 0 aliphatic heterocycles. The number of hydrogen-bond acceptors (Lipinski definition) is 1. The Balaban J connectivity index is 2.53. The Labute approximate surface area is 51.7 Å². The van der Waals surface area contributed by atoms with Crippen LogP contribution in [0.3, 0.4) is 0 Å². The third kappa shape index (κ3) is 5.96. The fraction of sp³-hybridized carbons (Fsp3) is 0.857. The lowest BCUT2D eigenvalue weighted by Gasteiger charge is -1.93. The highest BCUT2D eigenvalue weighted by molar-refractivity contribution is 4.43. The first-order chi connectivity index (χ1) is 3.91. The summed E-state index contributed by atoms with van der Waals surface area (Å²) in [7, 11) is 0. The summed E-state index contributed by atoms with van der Waals surface area (Å²) < 4.78 is 0. The normalized spacial score (nSPS) is 9.75. The van der Waals surface area contributed by atoms with E-state index in [2.05, 4.69) is 6.92 Å². The lowest BCUT2D eigenvalue weighted by atomic mass is 10.2. The van der Waals surface area contributed by atoms with Crippen LogP contribution in [-0.4, -0.2) is 11.7 Å².